The van der Waals surface area contributed by atoms with Crippen molar-refractivity contribution >= 4 is 17.6 Å². The summed E-state index contributed by atoms with van der Waals surface area (Å²) in [5.41, 5.74) is -3.89. The lowest BCUT2D eigenvalue weighted by atomic mass is 10.1. The molecule has 1 amide bonds. The molecule has 2 aromatic rings. The SMILES string of the molecule is CCOC(=O)[C@@](NC(=O)c1ccccc1)(Nc1ccc(F)cc1)C(F)(F)F. The standard InChI is InChI=1S/C18H16F4N2O3/c1-2-27-16(26)17(18(20,21)22,23-14-10-8-13(19)9-11-14)24-15(25)12-6-4-3-5-7-12/h3-11,23H,2H2,1H3,(H,24,25)/t17-/m0/s1. The average Bonchev–Trinajstić information content (AvgIpc) is 2.62. The fraction of sp³-hybridized carbons (Fsp3) is 0.222. The molecule has 0 aromatic heterocycles. The number of nitrogens with one attached hydrogen (secondary N) is 2. The van der Waals surface area contributed by atoms with Crippen molar-refractivity contribution < 1.29 is 31.9 Å². The van der Waals surface area contributed by atoms with Gasteiger partial charge in [0.25, 0.3) is 5.91 Å². The normalized spacial score (nSPS) is 13.4. The molecular formula is C18H16F4N2O3. The number of carbonyl (C=O) groups excluding carboxylic acids is 2. The van der Waals surface area contributed by atoms with E-state index in [1.54, 1.807) is 11.4 Å². The van der Waals surface area contributed by atoms with Gasteiger partial charge < -0.3 is 15.4 Å². The van der Waals surface area contributed by atoms with Gasteiger partial charge in [0.05, 0.1) is 6.61 Å². The van der Waals surface area contributed by atoms with E-state index in [0.29, 0.717) is 0 Å². The highest BCUT2D eigenvalue weighted by molar-refractivity contribution is 5.99. The lowest BCUT2D eigenvalue weighted by molar-refractivity contribution is -0.204. The van der Waals surface area contributed by atoms with E-state index in [4.69, 9.17) is 0 Å². The van der Waals surface area contributed by atoms with Crippen molar-refractivity contribution in [2.24, 2.45) is 0 Å². The van der Waals surface area contributed by atoms with Crippen molar-refractivity contribution in [2.45, 2.75) is 18.8 Å². The largest absolute Gasteiger partial charge is 0.463 e. The number of esters is 1. The number of benzene rings is 2. The Labute approximate surface area is 152 Å². The molecule has 5 nitrogen and oxygen atoms in total. The third-order valence-corrected chi connectivity index (χ3v) is 3.52. The van der Waals surface area contributed by atoms with Crippen LogP contribution in [0.1, 0.15) is 17.3 Å². The Morgan fingerprint density at radius 3 is 2.11 bits per heavy atom. The number of rotatable bonds is 6. The molecule has 0 aliphatic carbocycles. The molecule has 2 rings (SSSR count). The van der Waals surface area contributed by atoms with Crippen LogP contribution in [0.15, 0.2) is 54.6 Å². The first-order chi connectivity index (χ1) is 12.7. The lowest BCUT2D eigenvalue weighted by Crippen LogP contribution is -2.69. The number of anilines is 1. The van der Waals surface area contributed by atoms with E-state index in [1.165, 1.54) is 31.2 Å². The zero-order chi connectivity index (χ0) is 20.1. The van der Waals surface area contributed by atoms with E-state index >= 15 is 0 Å². The third-order valence-electron chi connectivity index (χ3n) is 3.52. The fourth-order valence-corrected chi connectivity index (χ4v) is 2.21. The van der Waals surface area contributed by atoms with Gasteiger partial charge in [-0.15, -0.1) is 0 Å². The Hall–Kier alpha value is -3.10. The van der Waals surface area contributed by atoms with Crippen molar-refractivity contribution in [1.29, 1.82) is 0 Å². The second kappa shape index (κ2) is 8.07. The van der Waals surface area contributed by atoms with Crippen molar-refractivity contribution in [3.63, 3.8) is 0 Å². The molecule has 0 fully saturated rings. The van der Waals surface area contributed by atoms with Crippen LogP contribution in [-0.2, 0) is 9.53 Å². The fourth-order valence-electron chi connectivity index (χ4n) is 2.21. The molecule has 0 saturated heterocycles. The molecule has 0 heterocycles. The Morgan fingerprint density at radius 2 is 1.59 bits per heavy atom. The molecule has 1 atom stereocenters. The maximum Gasteiger partial charge on any atom is 0.441 e. The minimum absolute atomic E-state index is 0.0867. The van der Waals surface area contributed by atoms with E-state index in [9.17, 15) is 27.2 Å². The van der Waals surface area contributed by atoms with Crippen molar-refractivity contribution in [3.8, 4) is 0 Å². The molecule has 27 heavy (non-hydrogen) atoms. The van der Waals surface area contributed by atoms with Crippen LogP contribution >= 0.6 is 0 Å². The van der Waals surface area contributed by atoms with Crippen LogP contribution in [0.3, 0.4) is 0 Å². The smallest absolute Gasteiger partial charge is 0.441 e. The third kappa shape index (κ3) is 4.55. The number of amides is 1. The first-order valence-electron chi connectivity index (χ1n) is 7.85. The summed E-state index contributed by atoms with van der Waals surface area (Å²) in [5, 5.41) is 3.64. The average molecular weight is 384 g/mol. The van der Waals surface area contributed by atoms with Gasteiger partial charge in [0.2, 0.25) is 0 Å². The summed E-state index contributed by atoms with van der Waals surface area (Å²) < 4.78 is 59.4. The van der Waals surface area contributed by atoms with Crippen LogP contribution in [0, 0.1) is 5.82 Å². The monoisotopic (exact) mass is 384 g/mol. The second-order valence-electron chi connectivity index (χ2n) is 5.42. The summed E-state index contributed by atoms with van der Waals surface area (Å²) in [7, 11) is 0. The van der Waals surface area contributed by atoms with E-state index < -0.39 is 29.5 Å². The number of hydrogen-bond acceptors (Lipinski definition) is 4. The molecule has 0 bridgehead atoms. The number of alkyl halides is 3. The minimum Gasteiger partial charge on any atom is -0.463 e. The number of halogens is 4. The Bertz CT molecular complexity index is 795. The number of carbonyl (C=O) groups is 2. The highest BCUT2D eigenvalue weighted by Gasteiger charge is 2.63. The zero-order valence-electron chi connectivity index (χ0n) is 14.1. The second-order valence-corrected chi connectivity index (χ2v) is 5.42. The summed E-state index contributed by atoms with van der Waals surface area (Å²) >= 11 is 0. The molecule has 0 aliphatic rings. The summed E-state index contributed by atoms with van der Waals surface area (Å²) in [5.74, 6) is -3.57. The summed E-state index contributed by atoms with van der Waals surface area (Å²) in [6, 6.07) is 10.9. The van der Waals surface area contributed by atoms with Gasteiger partial charge in [0.15, 0.2) is 0 Å². The quantitative estimate of drug-likeness (QED) is 0.455. The van der Waals surface area contributed by atoms with E-state index in [2.05, 4.69) is 4.74 Å². The molecule has 0 saturated carbocycles. The van der Waals surface area contributed by atoms with Crippen LogP contribution in [0.5, 0.6) is 0 Å². The van der Waals surface area contributed by atoms with Crippen molar-refractivity contribution in [2.75, 3.05) is 11.9 Å². The molecule has 144 valence electrons. The Morgan fingerprint density at radius 1 is 1.00 bits per heavy atom. The number of hydrogen-bond donors (Lipinski definition) is 2. The van der Waals surface area contributed by atoms with Crippen LogP contribution in [-0.4, -0.2) is 30.3 Å². The van der Waals surface area contributed by atoms with Crippen LogP contribution in [0.4, 0.5) is 23.2 Å². The van der Waals surface area contributed by atoms with E-state index in [0.717, 1.165) is 24.3 Å². The molecule has 0 radical (unpaired) electrons. The highest BCUT2D eigenvalue weighted by atomic mass is 19.4. The predicted molar refractivity (Wildman–Crippen MR) is 89.3 cm³/mol. The molecule has 2 N–H and O–H groups in total. The Kier molecular flexibility index (Phi) is 6.04. The van der Waals surface area contributed by atoms with Gasteiger partial charge in [-0.3, -0.25) is 4.79 Å². The van der Waals surface area contributed by atoms with Crippen LogP contribution < -0.4 is 10.6 Å². The van der Waals surface area contributed by atoms with Crippen molar-refractivity contribution in [1.82, 2.24) is 5.32 Å². The molecule has 9 heteroatoms. The van der Waals surface area contributed by atoms with Gasteiger partial charge >= 0.3 is 17.8 Å². The first-order valence-corrected chi connectivity index (χ1v) is 7.85. The van der Waals surface area contributed by atoms with Gasteiger partial charge in [0.1, 0.15) is 5.82 Å². The highest BCUT2D eigenvalue weighted by Crippen LogP contribution is 2.33. The van der Waals surface area contributed by atoms with Gasteiger partial charge in [-0.25, -0.2) is 9.18 Å². The van der Waals surface area contributed by atoms with Gasteiger partial charge in [-0.2, -0.15) is 13.2 Å². The lowest BCUT2D eigenvalue weighted by Gasteiger charge is -2.35. The molecule has 0 spiro atoms. The maximum atomic E-state index is 13.9. The van der Waals surface area contributed by atoms with E-state index in [1.807, 2.05) is 5.32 Å². The molecule has 0 aliphatic heterocycles. The van der Waals surface area contributed by atoms with E-state index in [-0.39, 0.29) is 17.9 Å². The van der Waals surface area contributed by atoms with Gasteiger partial charge in [-0.05, 0) is 43.3 Å². The summed E-state index contributed by atoms with van der Waals surface area (Å²) in [6.07, 6.45) is -5.27. The molecule has 2 aromatic carbocycles. The summed E-state index contributed by atoms with van der Waals surface area (Å²) in [4.78, 5) is 24.6. The number of ether oxygens (including phenoxy) is 1. The molecular weight excluding hydrogens is 368 g/mol. The van der Waals surface area contributed by atoms with Gasteiger partial charge in [0, 0.05) is 11.3 Å². The topological polar surface area (TPSA) is 67.4 Å². The van der Waals surface area contributed by atoms with Crippen molar-refractivity contribution in [3.05, 3.63) is 66.0 Å². The first kappa shape index (κ1) is 20.2. The Balaban J connectivity index is 2.48. The zero-order valence-corrected chi connectivity index (χ0v) is 14.1. The molecule has 0 unspecified atom stereocenters. The van der Waals surface area contributed by atoms with Crippen LogP contribution in [0.25, 0.3) is 0 Å². The predicted octanol–water partition coefficient (Wildman–Crippen LogP) is 3.49. The van der Waals surface area contributed by atoms with Gasteiger partial charge in [-0.1, -0.05) is 18.2 Å². The minimum atomic E-state index is -5.27. The maximum absolute atomic E-state index is 13.9. The summed E-state index contributed by atoms with van der Waals surface area (Å²) in [6.45, 7) is 0.985. The van der Waals surface area contributed by atoms with Crippen LogP contribution in [0.2, 0.25) is 0 Å².